The smallest absolute Gasteiger partial charge is 0.188 e. The zero-order valence-electron chi connectivity index (χ0n) is 27.9. The first-order valence-electron chi connectivity index (χ1n) is 17.3. The zero-order chi connectivity index (χ0) is 34.1. The first kappa shape index (κ1) is 30.3. The fraction of sp³-hybridized carbons (Fsp3) is 0.0652. The van der Waals surface area contributed by atoms with Crippen LogP contribution in [0.1, 0.15) is 30.1 Å². The number of nitrogens with zero attached hydrogens (tertiary/aromatic N) is 4. The summed E-state index contributed by atoms with van der Waals surface area (Å²) in [7, 11) is 0. The average molecular weight is 656 g/mol. The van der Waals surface area contributed by atoms with Crippen molar-refractivity contribution in [3.05, 3.63) is 192 Å². The van der Waals surface area contributed by atoms with Crippen LogP contribution in [0.25, 0.3) is 54.6 Å². The molecule has 1 atom stereocenters. The van der Waals surface area contributed by atoms with Gasteiger partial charge in [0.05, 0.1) is 23.3 Å². The highest BCUT2D eigenvalue weighted by molar-refractivity contribution is 6.16. The van der Waals surface area contributed by atoms with E-state index in [9.17, 15) is 0 Å². The molecule has 2 heterocycles. The van der Waals surface area contributed by atoms with Gasteiger partial charge in [-0.25, -0.2) is 14.8 Å². The number of hydrogen-bond acceptors (Lipinski definition) is 3. The number of aliphatic imine (C=N–C) groups is 2. The van der Waals surface area contributed by atoms with Crippen LogP contribution in [0, 0.1) is 6.57 Å². The molecule has 2 aliphatic rings. The van der Waals surface area contributed by atoms with Gasteiger partial charge in [0.1, 0.15) is 12.0 Å². The minimum atomic E-state index is -0.293. The summed E-state index contributed by atoms with van der Waals surface area (Å²) in [5.41, 5.74) is 11.3. The molecule has 0 fully saturated rings. The largest absolute Gasteiger partial charge is 0.344 e. The summed E-state index contributed by atoms with van der Waals surface area (Å²) >= 11 is 0. The second-order valence-corrected chi connectivity index (χ2v) is 12.8. The molecule has 0 saturated carbocycles. The number of rotatable bonds is 6. The summed E-state index contributed by atoms with van der Waals surface area (Å²) in [6, 6.07) is 50.6. The van der Waals surface area contributed by atoms with Gasteiger partial charge in [0.2, 0.25) is 0 Å². The molecule has 242 valence electrons. The van der Waals surface area contributed by atoms with Crippen LogP contribution in [0.15, 0.2) is 179 Å². The summed E-state index contributed by atoms with van der Waals surface area (Å²) in [4.78, 5) is 14.1. The Labute approximate surface area is 297 Å². The van der Waals surface area contributed by atoms with E-state index in [1.165, 1.54) is 0 Å². The number of fused-ring (bicyclic) bond motifs is 3. The molecule has 6 aromatic carbocycles. The Morgan fingerprint density at radius 1 is 0.647 bits per heavy atom. The first-order valence-corrected chi connectivity index (χ1v) is 17.3. The molecule has 9 rings (SSSR count). The van der Waals surface area contributed by atoms with Crippen molar-refractivity contribution in [3.63, 3.8) is 0 Å². The highest BCUT2D eigenvalue weighted by Gasteiger charge is 2.26. The molecule has 5 heteroatoms. The lowest BCUT2D eigenvalue weighted by Gasteiger charge is -2.26. The van der Waals surface area contributed by atoms with Crippen LogP contribution in [0.4, 0.5) is 5.69 Å². The Balaban J connectivity index is 1.35. The van der Waals surface area contributed by atoms with Crippen molar-refractivity contribution in [3.8, 4) is 27.9 Å². The number of benzene rings is 6. The maximum atomic E-state index is 7.75. The molecule has 1 unspecified atom stereocenters. The molecule has 1 aromatic heterocycles. The van der Waals surface area contributed by atoms with Crippen molar-refractivity contribution in [2.45, 2.75) is 19.0 Å². The highest BCUT2D eigenvalue weighted by Crippen LogP contribution is 2.43. The van der Waals surface area contributed by atoms with Crippen molar-refractivity contribution in [2.75, 3.05) is 0 Å². The van der Waals surface area contributed by atoms with Crippen LogP contribution in [-0.4, -0.2) is 16.2 Å². The minimum absolute atomic E-state index is 0.293. The van der Waals surface area contributed by atoms with E-state index in [2.05, 4.69) is 160 Å². The monoisotopic (exact) mass is 655 g/mol. The van der Waals surface area contributed by atoms with Gasteiger partial charge in [0.25, 0.3) is 0 Å². The summed E-state index contributed by atoms with van der Waals surface area (Å²) in [5, 5.41) is 5.88. The van der Waals surface area contributed by atoms with E-state index < -0.39 is 0 Å². The highest BCUT2D eigenvalue weighted by atomic mass is 15.2. The van der Waals surface area contributed by atoms with E-state index in [0.717, 1.165) is 91.0 Å². The van der Waals surface area contributed by atoms with E-state index >= 15 is 0 Å². The van der Waals surface area contributed by atoms with E-state index in [-0.39, 0.29) is 6.17 Å². The molecule has 0 bridgehead atoms. The van der Waals surface area contributed by atoms with Gasteiger partial charge in [-0.15, -0.1) is 0 Å². The van der Waals surface area contributed by atoms with Crippen molar-refractivity contribution < 1.29 is 0 Å². The van der Waals surface area contributed by atoms with E-state index in [0.29, 0.717) is 5.69 Å². The minimum Gasteiger partial charge on any atom is -0.344 e. The second kappa shape index (κ2) is 12.9. The molecule has 5 nitrogen and oxygen atoms in total. The summed E-state index contributed by atoms with van der Waals surface area (Å²) in [6.07, 6.45) is 8.29. The molecule has 0 radical (unpaired) electrons. The Kier molecular flexibility index (Phi) is 7.68. The number of hydrogen-bond donors (Lipinski definition) is 1. The molecule has 7 aromatic rings. The van der Waals surface area contributed by atoms with Gasteiger partial charge in [0.15, 0.2) is 11.5 Å². The van der Waals surface area contributed by atoms with E-state index in [1.54, 1.807) is 0 Å². The van der Waals surface area contributed by atoms with Gasteiger partial charge in [-0.1, -0.05) is 133 Å². The van der Waals surface area contributed by atoms with Gasteiger partial charge in [-0.05, 0) is 65.3 Å². The summed E-state index contributed by atoms with van der Waals surface area (Å²) < 4.78 is 2.38. The molecule has 1 N–H and O–H groups in total. The lowest BCUT2D eigenvalue weighted by Crippen LogP contribution is -2.33. The topological polar surface area (TPSA) is 46.0 Å². The molecule has 0 saturated heterocycles. The van der Waals surface area contributed by atoms with Crippen molar-refractivity contribution in [1.29, 1.82) is 0 Å². The number of allylic oxidation sites excluding steroid dienone is 2. The van der Waals surface area contributed by atoms with Gasteiger partial charge >= 0.3 is 0 Å². The molecular weight excluding hydrogens is 623 g/mol. The first-order chi connectivity index (χ1) is 25.2. The molecule has 1 aliphatic carbocycles. The molecule has 1 aliphatic heterocycles. The lowest BCUT2D eigenvalue weighted by atomic mass is 9.92. The fourth-order valence-corrected chi connectivity index (χ4v) is 7.27. The normalized spacial score (nSPS) is 15.5. The molecule has 51 heavy (non-hydrogen) atoms. The molecular formula is C46H33N5. The number of nitrogens with one attached hydrogen (secondary N) is 1. The molecule has 0 spiro atoms. The van der Waals surface area contributed by atoms with Gasteiger partial charge in [0, 0.05) is 27.6 Å². The van der Waals surface area contributed by atoms with Gasteiger partial charge in [-0.2, -0.15) is 0 Å². The Hall–Kier alpha value is -6.77. The van der Waals surface area contributed by atoms with Gasteiger partial charge < -0.3 is 9.88 Å². The number of para-hydroxylation sites is 1. The maximum Gasteiger partial charge on any atom is 0.188 e. The van der Waals surface area contributed by atoms with Crippen LogP contribution < -0.4 is 5.32 Å². The summed E-state index contributed by atoms with van der Waals surface area (Å²) in [5.74, 6) is 1.51. The lowest BCUT2D eigenvalue weighted by molar-refractivity contribution is 0.674. The molecule has 0 amide bonds. The third kappa shape index (κ3) is 5.53. The third-order valence-corrected chi connectivity index (χ3v) is 9.67. The van der Waals surface area contributed by atoms with Crippen molar-refractivity contribution in [1.82, 2.24) is 9.88 Å². The summed E-state index contributed by atoms with van der Waals surface area (Å²) in [6.45, 7) is 7.75. The quantitative estimate of drug-likeness (QED) is 0.178. The van der Waals surface area contributed by atoms with Crippen LogP contribution >= 0.6 is 0 Å². The number of amidine groups is 2. The van der Waals surface area contributed by atoms with Crippen LogP contribution in [-0.2, 0) is 0 Å². The maximum absolute atomic E-state index is 7.75. The van der Waals surface area contributed by atoms with E-state index in [1.807, 2.05) is 18.2 Å². The van der Waals surface area contributed by atoms with Crippen LogP contribution in [0.3, 0.4) is 0 Å². The fourth-order valence-electron chi connectivity index (χ4n) is 7.27. The predicted octanol–water partition coefficient (Wildman–Crippen LogP) is 11.4. The second-order valence-electron chi connectivity index (χ2n) is 12.8. The predicted molar refractivity (Wildman–Crippen MR) is 211 cm³/mol. The Bertz CT molecular complexity index is 2540. The SMILES string of the molecule is [C-]#[N+]c1ccc2c(c1)c1ccccc1n2-c1c(-c2ccccc2)cc(C2=NC(C3=CCCC=C3)=NC(c3ccccc3)N2)cc1-c1ccccc1. The average Bonchev–Trinajstić information content (AvgIpc) is 3.54. The Morgan fingerprint density at radius 2 is 1.29 bits per heavy atom. The van der Waals surface area contributed by atoms with Crippen LogP contribution in [0.5, 0.6) is 0 Å². The van der Waals surface area contributed by atoms with Gasteiger partial charge in [-0.3, -0.25) is 0 Å². The zero-order valence-corrected chi connectivity index (χ0v) is 27.9. The Morgan fingerprint density at radius 3 is 1.96 bits per heavy atom. The van der Waals surface area contributed by atoms with Crippen molar-refractivity contribution >= 4 is 39.2 Å². The van der Waals surface area contributed by atoms with Crippen LogP contribution in [0.2, 0.25) is 0 Å². The van der Waals surface area contributed by atoms with E-state index in [4.69, 9.17) is 16.6 Å². The van der Waals surface area contributed by atoms with Crippen molar-refractivity contribution in [2.24, 2.45) is 9.98 Å². The third-order valence-electron chi connectivity index (χ3n) is 9.67. The standard InChI is InChI=1S/C46H33N5/c1-47-36-26-27-42-40(30-36)37-24-14-15-25-41(37)51(42)43-38(31-16-6-2-7-17-31)28-35(29-39(43)32-18-8-3-9-19-32)46-49-44(33-20-10-4-11-21-33)48-45(50-46)34-22-12-5-13-23-34/h2-4,6-12,14-30,44H,5,13H2,(H,48,49,50). The number of aromatic nitrogens is 1.